The van der Waals surface area contributed by atoms with Crippen molar-refractivity contribution in [3.63, 3.8) is 0 Å². The number of thiophene rings is 1. The molecule has 0 radical (unpaired) electrons. The molecule has 10 heteroatoms. The van der Waals surface area contributed by atoms with E-state index in [1.807, 2.05) is 23.6 Å². The lowest BCUT2D eigenvalue weighted by molar-refractivity contribution is 0.104. The number of carbonyl (C=O) groups is 1. The zero-order valence-corrected chi connectivity index (χ0v) is 20.0. The van der Waals surface area contributed by atoms with Crippen molar-refractivity contribution in [2.24, 2.45) is 11.1 Å². The van der Waals surface area contributed by atoms with Crippen molar-refractivity contribution in [2.75, 3.05) is 26.9 Å². The molecule has 1 aromatic heterocycles. The van der Waals surface area contributed by atoms with Gasteiger partial charge in [0.1, 0.15) is 11.5 Å². The van der Waals surface area contributed by atoms with E-state index in [9.17, 15) is 23.4 Å². The van der Waals surface area contributed by atoms with Gasteiger partial charge in [-0.05, 0) is 53.9 Å². The highest BCUT2D eigenvalue weighted by atomic mass is 32.2. The molecule has 0 saturated heterocycles. The summed E-state index contributed by atoms with van der Waals surface area (Å²) in [6.45, 7) is -0.406. The third-order valence-corrected chi connectivity index (χ3v) is 6.82. The topological polar surface area (TPSA) is 136 Å². The second-order valence-corrected chi connectivity index (χ2v) is 9.89. The van der Waals surface area contributed by atoms with Gasteiger partial charge in [-0.25, -0.2) is 13.6 Å². The minimum absolute atomic E-state index is 0.0678. The fourth-order valence-corrected chi connectivity index (χ4v) is 4.33. The van der Waals surface area contributed by atoms with Gasteiger partial charge in [-0.2, -0.15) is 0 Å². The molecule has 0 fully saturated rings. The predicted molar refractivity (Wildman–Crippen MR) is 131 cm³/mol. The summed E-state index contributed by atoms with van der Waals surface area (Å²) in [5, 5.41) is 25.7. The fourth-order valence-electron chi connectivity index (χ4n) is 3.07. The van der Waals surface area contributed by atoms with E-state index in [4.69, 9.17) is 14.6 Å². The average molecular weight is 504 g/mol. The second kappa shape index (κ2) is 11.4. The number of rotatable bonds is 11. The third-order valence-electron chi connectivity index (χ3n) is 4.99. The van der Waals surface area contributed by atoms with Gasteiger partial charge >= 0.3 is 0 Å². The lowest BCUT2D eigenvalue weighted by atomic mass is 10.0. The Morgan fingerprint density at radius 3 is 2.38 bits per heavy atom. The molecule has 0 aliphatic rings. The molecule has 0 unspecified atom stereocenters. The van der Waals surface area contributed by atoms with Crippen LogP contribution in [0.15, 0.2) is 64.9 Å². The van der Waals surface area contributed by atoms with Crippen LogP contribution in [0.3, 0.4) is 0 Å². The van der Waals surface area contributed by atoms with Crippen molar-refractivity contribution in [2.45, 2.75) is 4.90 Å². The molecule has 180 valence electrons. The first kappa shape index (κ1) is 25.6. The zero-order valence-electron chi connectivity index (χ0n) is 18.4. The molecule has 0 aliphatic carbocycles. The van der Waals surface area contributed by atoms with Crippen LogP contribution >= 0.6 is 11.3 Å². The molecule has 0 saturated carbocycles. The Bertz CT molecular complexity index is 1250. The number of primary sulfonamides is 1. The molecule has 34 heavy (non-hydrogen) atoms. The number of nitrogens with two attached hydrogens (primary N) is 1. The number of ketones is 1. The number of allylic oxidation sites excluding steroid dienone is 1. The normalized spacial score (nSPS) is 11.8. The van der Waals surface area contributed by atoms with Crippen LogP contribution in [-0.2, 0) is 10.0 Å². The molecule has 0 amide bonds. The quantitative estimate of drug-likeness (QED) is 0.270. The van der Waals surface area contributed by atoms with Crippen LogP contribution in [0.2, 0.25) is 0 Å². The van der Waals surface area contributed by atoms with Crippen LogP contribution in [0.4, 0.5) is 0 Å². The van der Waals surface area contributed by atoms with Gasteiger partial charge in [-0.3, -0.25) is 4.79 Å². The minimum Gasteiger partial charge on any atom is -0.496 e. The molecular formula is C24H25NO7S2. The van der Waals surface area contributed by atoms with Gasteiger partial charge in [0.05, 0.1) is 31.8 Å². The largest absolute Gasteiger partial charge is 0.496 e. The summed E-state index contributed by atoms with van der Waals surface area (Å²) < 4.78 is 34.2. The molecule has 8 nitrogen and oxygen atoms in total. The smallest absolute Gasteiger partial charge is 0.238 e. The van der Waals surface area contributed by atoms with Crippen LogP contribution in [0.1, 0.15) is 15.9 Å². The number of hydrogen-bond acceptors (Lipinski definition) is 8. The summed E-state index contributed by atoms with van der Waals surface area (Å²) in [5.74, 6) is 0.185. The Labute approximate surface area is 201 Å². The molecular weight excluding hydrogens is 478 g/mol. The standard InChI is InChI=1S/C24H25NO7S2/c1-31-23-12-22(32-15-16(13-26)14-27)18(11-20(23)24-3-2-10-33-24)6-9-21(28)17-4-7-19(8-5-17)34(25,29)30/h2-12,16,26-27H,13-15H2,1H3,(H2,25,29,30). The van der Waals surface area contributed by atoms with E-state index in [1.165, 1.54) is 41.7 Å². The summed E-state index contributed by atoms with van der Waals surface area (Å²) in [5.41, 5.74) is 1.70. The Balaban J connectivity index is 1.95. The lowest BCUT2D eigenvalue weighted by Gasteiger charge is -2.17. The number of benzene rings is 2. The van der Waals surface area contributed by atoms with Crippen LogP contribution in [0.25, 0.3) is 16.5 Å². The van der Waals surface area contributed by atoms with E-state index >= 15 is 0 Å². The first-order valence-electron chi connectivity index (χ1n) is 10.2. The van der Waals surface area contributed by atoms with Gasteiger partial charge in [0.25, 0.3) is 0 Å². The maximum absolute atomic E-state index is 12.7. The second-order valence-electron chi connectivity index (χ2n) is 7.38. The van der Waals surface area contributed by atoms with Gasteiger partial charge in [0.2, 0.25) is 10.0 Å². The summed E-state index contributed by atoms with van der Waals surface area (Å²) >= 11 is 1.53. The first-order valence-corrected chi connectivity index (χ1v) is 12.6. The molecule has 0 spiro atoms. The van der Waals surface area contributed by atoms with E-state index in [2.05, 4.69) is 0 Å². The van der Waals surface area contributed by atoms with Crippen LogP contribution in [0.5, 0.6) is 11.5 Å². The molecule has 0 bridgehead atoms. The van der Waals surface area contributed by atoms with Gasteiger partial charge in [0.15, 0.2) is 5.78 Å². The fraction of sp³-hybridized carbons (Fsp3) is 0.208. The molecule has 3 aromatic rings. The zero-order chi connectivity index (χ0) is 24.7. The van der Waals surface area contributed by atoms with Gasteiger partial charge in [0, 0.05) is 33.6 Å². The summed E-state index contributed by atoms with van der Waals surface area (Å²) in [6, 6.07) is 12.7. The van der Waals surface area contributed by atoms with E-state index in [1.54, 1.807) is 19.3 Å². The van der Waals surface area contributed by atoms with Crippen molar-refractivity contribution in [1.29, 1.82) is 0 Å². The van der Waals surface area contributed by atoms with Gasteiger partial charge in [-0.1, -0.05) is 6.07 Å². The van der Waals surface area contributed by atoms with Gasteiger partial charge < -0.3 is 19.7 Å². The Morgan fingerprint density at radius 1 is 1.12 bits per heavy atom. The first-order chi connectivity index (χ1) is 16.3. The number of aliphatic hydroxyl groups excluding tert-OH is 2. The highest BCUT2D eigenvalue weighted by Crippen LogP contribution is 2.39. The Morgan fingerprint density at radius 2 is 1.82 bits per heavy atom. The van der Waals surface area contributed by atoms with Crippen molar-refractivity contribution in [1.82, 2.24) is 0 Å². The monoisotopic (exact) mass is 503 g/mol. The molecule has 4 N–H and O–H groups in total. The number of carbonyl (C=O) groups excluding carboxylic acids is 1. The minimum atomic E-state index is -3.85. The van der Waals surface area contributed by atoms with E-state index < -0.39 is 15.9 Å². The van der Waals surface area contributed by atoms with Crippen molar-refractivity contribution >= 4 is 33.2 Å². The van der Waals surface area contributed by atoms with Gasteiger partial charge in [-0.15, -0.1) is 11.3 Å². The Kier molecular flexibility index (Phi) is 8.59. The third kappa shape index (κ3) is 6.31. The SMILES string of the molecule is COc1cc(OCC(CO)CO)c(C=CC(=O)c2ccc(S(N)(=O)=O)cc2)cc1-c1cccs1. The van der Waals surface area contributed by atoms with E-state index in [0.717, 1.165) is 10.4 Å². The number of aliphatic hydroxyl groups is 2. The maximum atomic E-state index is 12.7. The van der Waals surface area contributed by atoms with Crippen LogP contribution in [-0.4, -0.2) is 51.3 Å². The summed E-state index contributed by atoms with van der Waals surface area (Å²) in [6.07, 6.45) is 2.95. The van der Waals surface area contributed by atoms with E-state index in [-0.39, 0.29) is 30.5 Å². The summed E-state index contributed by atoms with van der Waals surface area (Å²) in [4.78, 5) is 13.6. The molecule has 2 aromatic carbocycles. The maximum Gasteiger partial charge on any atom is 0.238 e. The molecule has 1 heterocycles. The number of sulfonamides is 1. The van der Waals surface area contributed by atoms with Crippen LogP contribution < -0.4 is 14.6 Å². The van der Waals surface area contributed by atoms with Crippen LogP contribution in [0, 0.1) is 5.92 Å². The number of methoxy groups -OCH3 is 1. The number of ether oxygens (including phenoxy) is 2. The van der Waals surface area contributed by atoms with Crippen molar-refractivity contribution < 1.29 is 32.9 Å². The number of hydrogen-bond donors (Lipinski definition) is 3. The summed E-state index contributed by atoms with van der Waals surface area (Å²) in [7, 11) is -2.30. The van der Waals surface area contributed by atoms with Crippen molar-refractivity contribution in [3.8, 4) is 21.9 Å². The highest BCUT2D eigenvalue weighted by molar-refractivity contribution is 7.89. The Hall–Kier alpha value is -3.02. The van der Waals surface area contributed by atoms with E-state index in [0.29, 0.717) is 22.6 Å². The van der Waals surface area contributed by atoms with Crippen molar-refractivity contribution in [3.05, 3.63) is 71.1 Å². The molecule has 0 aliphatic heterocycles. The lowest BCUT2D eigenvalue weighted by Crippen LogP contribution is -2.20. The average Bonchev–Trinajstić information content (AvgIpc) is 3.37. The highest BCUT2D eigenvalue weighted by Gasteiger charge is 2.15. The molecule has 3 rings (SSSR count). The predicted octanol–water partition coefficient (Wildman–Crippen LogP) is 2.95. The molecule has 0 atom stereocenters.